The van der Waals surface area contributed by atoms with Crippen LogP contribution in [0.3, 0.4) is 0 Å². The van der Waals surface area contributed by atoms with Crippen LogP contribution in [0.2, 0.25) is 0 Å². The van der Waals surface area contributed by atoms with Gasteiger partial charge < -0.3 is 10.1 Å². The van der Waals surface area contributed by atoms with Crippen molar-refractivity contribution in [2.45, 2.75) is 75.9 Å². The van der Waals surface area contributed by atoms with Crippen molar-refractivity contribution in [3.63, 3.8) is 0 Å². The summed E-state index contributed by atoms with van der Waals surface area (Å²) < 4.78 is 6.15. The zero-order valence-corrected chi connectivity index (χ0v) is 13.4. The maximum atomic E-state index is 6.15. The molecule has 0 aromatic rings. The van der Waals surface area contributed by atoms with Gasteiger partial charge in [0.15, 0.2) is 0 Å². The number of unbranched alkanes of at least 4 members (excludes halogenated alkanes) is 2. The van der Waals surface area contributed by atoms with E-state index in [4.69, 9.17) is 4.74 Å². The molecule has 0 aromatic heterocycles. The molecule has 1 spiro atoms. The molecule has 0 bridgehead atoms. The van der Waals surface area contributed by atoms with Gasteiger partial charge in [-0.1, -0.05) is 25.7 Å². The molecule has 1 saturated carbocycles. The molecule has 0 amide bonds. The predicted octanol–water partition coefficient (Wildman–Crippen LogP) is 3.99. The van der Waals surface area contributed by atoms with Gasteiger partial charge in [0, 0.05) is 12.6 Å². The summed E-state index contributed by atoms with van der Waals surface area (Å²) in [5, 5.41) is 3.78. The molecule has 3 heteroatoms. The normalized spacial score (nSPS) is 26.7. The Hall–Kier alpha value is 0.270. The standard InChI is InChI=1S/C16H31NOS/c1-19-13-7-3-6-11-17-15-8-12-18-16(14-15)9-4-2-5-10-16/h15,17H,2-14H2,1H3. The third-order valence-electron chi connectivity index (χ3n) is 4.72. The minimum Gasteiger partial charge on any atom is -0.375 e. The molecule has 2 nitrogen and oxygen atoms in total. The molecule has 1 saturated heterocycles. The van der Waals surface area contributed by atoms with E-state index in [-0.39, 0.29) is 5.60 Å². The van der Waals surface area contributed by atoms with Gasteiger partial charge in [-0.25, -0.2) is 0 Å². The fraction of sp³-hybridized carbons (Fsp3) is 1.00. The van der Waals surface area contributed by atoms with Gasteiger partial charge in [-0.15, -0.1) is 0 Å². The lowest BCUT2D eigenvalue weighted by Gasteiger charge is -2.43. The van der Waals surface area contributed by atoms with Gasteiger partial charge >= 0.3 is 0 Å². The highest BCUT2D eigenvalue weighted by Crippen LogP contribution is 2.38. The Bertz CT molecular complexity index is 235. The highest BCUT2D eigenvalue weighted by atomic mass is 32.2. The largest absolute Gasteiger partial charge is 0.375 e. The molecular formula is C16H31NOS. The van der Waals surface area contributed by atoms with E-state index >= 15 is 0 Å². The van der Waals surface area contributed by atoms with Crippen molar-refractivity contribution >= 4 is 11.8 Å². The summed E-state index contributed by atoms with van der Waals surface area (Å²) in [6, 6.07) is 0.715. The maximum absolute atomic E-state index is 6.15. The summed E-state index contributed by atoms with van der Waals surface area (Å²) in [5.74, 6) is 1.32. The van der Waals surface area contributed by atoms with Crippen molar-refractivity contribution in [3.8, 4) is 0 Å². The Morgan fingerprint density at radius 1 is 1.16 bits per heavy atom. The minimum atomic E-state index is 0.257. The highest BCUT2D eigenvalue weighted by molar-refractivity contribution is 7.98. The van der Waals surface area contributed by atoms with Crippen molar-refractivity contribution in [2.75, 3.05) is 25.2 Å². The van der Waals surface area contributed by atoms with E-state index in [9.17, 15) is 0 Å². The SMILES string of the molecule is CSCCCCCNC1CCOC2(CCCCC2)C1. The third kappa shape index (κ3) is 5.28. The number of hydrogen-bond donors (Lipinski definition) is 1. The van der Waals surface area contributed by atoms with Crippen molar-refractivity contribution in [1.29, 1.82) is 0 Å². The second-order valence-corrected chi connectivity index (χ2v) is 7.28. The summed E-state index contributed by atoms with van der Waals surface area (Å²) in [4.78, 5) is 0. The number of nitrogens with one attached hydrogen (secondary N) is 1. The molecule has 2 fully saturated rings. The molecule has 2 aliphatic rings. The first-order chi connectivity index (χ1) is 9.35. The van der Waals surface area contributed by atoms with E-state index in [1.807, 2.05) is 11.8 Å². The summed E-state index contributed by atoms with van der Waals surface area (Å²) in [7, 11) is 0. The molecule has 19 heavy (non-hydrogen) atoms. The second-order valence-electron chi connectivity index (χ2n) is 6.29. The first-order valence-electron chi connectivity index (χ1n) is 8.21. The Balaban J connectivity index is 1.61. The van der Waals surface area contributed by atoms with E-state index in [0.29, 0.717) is 6.04 Å². The lowest BCUT2D eigenvalue weighted by Crippen LogP contribution is -2.48. The van der Waals surface area contributed by atoms with E-state index in [1.165, 1.54) is 76.5 Å². The average molecular weight is 285 g/mol. The van der Waals surface area contributed by atoms with Crippen molar-refractivity contribution in [1.82, 2.24) is 5.32 Å². The van der Waals surface area contributed by atoms with E-state index in [1.54, 1.807) is 0 Å². The zero-order chi connectivity index (χ0) is 13.4. The average Bonchev–Trinajstić information content (AvgIpc) is 2.44. The van der Waals surface area contributed by atoms with Crippen LogP contribution in [-0.4, -0.2) is 36.8 Å². The smallest absolute Gasteiger partial charge is 0.0697 e. The molecule has 1 atom stereocenters. The summed E-state index contributed by atoms with van der Waals surface area (Å²) >= 11 is 1.97. The summed E-state index contributed by atoms with van der Waals surface area (Å²) in [5.41, 5.74) is 0.257. The summed E-state index contributed by atoms with van der Waals surface area (Å²) in [6.07, 6.45) is 15.5. The quantitative estimate of drug-likeness (QED) is 0.715. The van der Waals surface area contributed by atoms with E-state index in [0.717, 1.165) is 6.61 Å². The second kappa shape index (κ2) is 8.53. The first kappa shape index (κ1) is 15.7. The Labute approximate surface area is 123 Å². The lowest BCUT2D eigenvalue weighted by atomic mass is 9.78. The first-order valence-corrected chi connectivity index (χ1v) is 9.60. The molecule has 1 unspecified atom stereocenters. The molecule has 1 N–H and O–H groups in total. The van der Waals surface area contributed by atoms with E-state index in [2.05, 4.69) is 11.6 Å². The molecular weight excluding hydrogens is 254 g/mol. The summed E-state index contributed by atoms with van der Waals surface area (Å²) in [6.45, 7) is 2.18. The van der Waals surface area contributed by atoms with Crippen LogP contribution in [0.25, 0.3) is 0 Å². The minimum absolute atomic E-state index is 0.257. The van der Waals surface area contributed by atoms with Crippen LogP contribution in [0.1, 0.15) is 64.2 Å². The van der Waals surface area contributed by atoms with Crippen molar-refractivity contribution in [2.24, 2.45) is 0 Å². The van der Waals surface area contributed by atoms with Gasteiger partial charge in [0.05, 0.1) is 5.60 Å². The topological polar surface area (TPSA) is 21.3 Å². The van der Waals surface area contributed by atoms with Gasteiger partial charge in [-0.3, -0.25) is 0 Å². The van der Waals surface area contributed by atoms with Gasteiger partial charge in [0.2, 0.25) is 0 Å². The van der Waals surface area contributed by atoms with Crippen LogP contribution in [-0.2, 0) is 4.74 Å². The van der Waals surface area contributed by atoms with Crippen molar-refractivity contribution < 1.29 is 4.74 Å². The van der Waals surface area contributed by atoms with Crippen LogP contribution in [0.5, 0.6) is 0 Å². The Morgan fingerprint density at radius 3 is 2.79 bits per heavy atom. The van der Waals surface area contributed by atoms with Gasteiger partial charge in [-0.05, 0) is 57.1 Å². The number of hydrogen-bond acceptors (Lipinski definition) is 3. The highest BCUT2D eigenvalue weighted by Gasteiger charge is 2.38. The van der Waals surface area contributed by atoms with Crippen LogP contribution in [0, 0.1) is 0 Å². The van der Waals surface area contributed by atoms with Crippen molar-refractivity contribution in [3.05, 3.63) is 0 Å². The molecule has 1 aliphatic heterocycles. The fourth-order valence-corrected chi connectivity index (χ4v) is 4.09. The molecule has 0 aromatic carbocycles. The molecule has 112 valence electrons. The number of thioether (sulfide) groups is 1. The monoisotopic (exact) mass is 285 g/mol. The van der Waals surface area contributed by atoms with Crippen LogP contribution in [0.4, 0.5) is 0 Å². The number of rotatable bonds is 7. The van der Waals surface area contributed by atoms with Gasteiger partial charge in [0.1, 0.15) is 0 Å². The van der Waals surface area contributed by atoms with Gasteiger partial charge in [0.25, 0.3) is 0 Å². The fourth-order valence-electron chi connectivity index (χ4n) is 3.60. The van der Waals surface area contributed by atoms with Crippen LogP contribution < -0.4 is 5.32 Å². The number of ether oxygens (including phenoxy) is 1. The zero-order valence-electron chi connectivity index (χ0n) is 12.6. The maximum Gasteiger partial charge on any atom is 0.0697 e. The molecule has 1 aliphatic carbocycles. The van der Waals surface area contributed by atoms with Crippen LogP contribution in [0.15, 0.2) is 0 Å². The Kier molecular flexibility index (Phi) is 7.03. The molecule has 1 heterocycles. The van der Waals surface area contributed by atoms with E-state index < -0.39 is 0 Å². The van der Waals surface area contributed by atoms with Gasteiger partial charge in [-0.2, -0.15) is 11.8 Å². The molecule has 0 radical (unpaired) electrons. The lowest BCUT2D eigenvalue weighted by molar-refractivity contribution is -0.109. The third-order valence-corrected chi connectivity index (χ3v) is 5.41. The Morgan fingerprint density at radius 2 is 2.00 bits per heavy atom. The van der Waals surface area contributed by atoms with Crippen LogP contribution >= 0.6 is 11.8 Å². The predicted molar refractivity (Wildman–Crippen MR) is 85.0 cm³/mol. The molecule has 2 rings (SSSR count).